The Morgan fingerprint density at radius 1 is 0.806 bits per heavy atom. The third-order valence-electron chi connectivity index (χ3n) is 5.23. The van der Waals surface area contributed by atoms with E-state index < -0.39 is 0 Å². The summed E-state index contributed by atoms with van der Waals surface area (Å²) in [4.78, 5) is 28.3. The van der Waals surface area contributed by atoms with Crippen LogP contribution in [-0.2, 0) is 21.8 Å². The molecule has 0 bridgehead atoms. The quantitative estimate of drug-likeness (QED) is 0.471. The van der Waals surface area contributed by atoms with Gasteiger partial charge < -0.3 is 0 Å². The van der Waals surface area contributed by atoms with E-state index in [4.69, 9.17) is 0 Å². The molecular weight excluding hydrogens is 409 g/mol. The fourth-order valence-corrected chi connectivity index (χ4v) is 4.57. The van der Waals surface area contributed by atoms with E-state index in [2.05, 4.69) is 0 Å². The molecule has 3 nitrogen and oxygen atoms in total. The van der Waals surface area contributed by atoms with Crippen molar-refractivity contribution in [3.05, 3.63) is 112 Å². The topological polar surface area (TPSA) is 37.4 Å². The first kappa shape index (κ1) is 21.1. The van der Waals surface area contributed by atoms with Crippen molar-refractivity contribution >= 4 is 29.1 Å². The molecule has 0 aromatic heterocycles. The highest BCUT2D eigenvalue weighted by Crippen LogP contribution is 2.37. The van der Waals surface area contributed by atoms with Gasteiger partial charge in [-0.15, -0.1) is 11.8 Å². The highest BCUT2D eigenvalue weighted by atomic mass is 32.2. The molecule has 0 unspecified atom stereocenters. The van der Waals surface area contributed by atoms with Crippen molar-refractivity contribution in [2.45, 2.75) is 19.1 Å². The maximum Gasteiger partial charge on any atom is 0.268 e. The first-order valence-electron chi connectivity index (χ1n) is 10.1. The van der Waals surface area contributed by atoms with Gasteiger partial charge in [-0.05, 0) is 42.2 Å². The lowest BCUT2D eigenvalue weighted by Gasteiger charge is -2.15. The molecule has 0 radical (unpaired) electrons. The van der Waals surface area contributed by atoms with Crippen LogP contribution in [0.25, 0.3) is 5.57 Å². The third-order valence-corrected chi connectivity index (χ3v) is 6.37. The van der Waals surface area contributed by atoms with Gasteiger partial charge in [-0.25, -0.2) is 4.39 Å². The number of carbonyl (C=O) groups excluding carboxylic acids is 2. The normalized spacial score (nSPS) is 13.9. The zero-order chi connectivity index (χ0) is 21.8. The van der Waals surface area contributed by atoms with Crippen LogP contribution >= 0.6 is 11.8 Å². The van der Waals surface area contributed by atoms with Crippen molar-refractivity contribution < 1.29 is 14.0 Å². The van der Waals surface area contributed by atoms with Crippen LogP contribution in [0.3, 0.4) is 0 Å². The number of rotatable bonds is 7. The second-order valence-corrected chi connectivity index (χ2v) is 8.47. The Labute approximate surface area is 185 Å². The molecule has 3 aromatic carbocycles. The van der Waals surface area contributed by atoms with Gasteiger partial charge in [0.05, 0.1) is 10.5 Å². The van der Waals surface area contributed by atoms with Gasteiger partial charge in [-0.1, -0.05) is 72.3 Å². The van der Waals surface area contributed by atoms with E-state index in [0.29, 0.717) is 22.7 Å². The summed E-state index contributed by atoms with van der Waals surface area (Å²) in [6.45, 7) is 2.24. The molecule has 0 saturated heterocycles. The van der Waals surface area contributed by atoms with Crippen molar-refractivity contribution in [1.82, 2.24) is 4.90 Å². The number of halogens is 1. The zero-order valence-electron chi connectivity index (χ0n) is 17.2. The van der Waals surface area contributed by atoms with Crippen LogP contribution in [0.5, 0.6) is 0 Å². The van der Waals surface area contributed by atoms with Gasteiger partial charge in [0.1, 0.15) is 5.82 Å². The summed E-state index contributed by atoms with van der Waals surface area (Å²) in [5.41, 5.74) is 4.28. The monoisotopic (exact) mass is 431 g/mol. The highest BCUT2D eigenvalue weighted by Gasteiger charge is 2.38. The van der Waals surface area contributed by atoms with Crippen molar-refractivity contribution in [1.29, 1.82) is 0 Å². The maximum absolute atomic E-state index is 13.3. The number of imide groups is 1. The smallest absolute Gasteiger partial charge is 0.268 e. The van der Waals surface area contributed by atoms with E-state index in [1.165, 1.54) is 28.8 Å². The summed E-state index contributed by atoms with van der Waals surface area (Å²) in [5.74, 6) is -0.230. The van der Waals surface area contributed by atoms with Crippen LogP contribution in [0.2, 0.25) is 0 Å². The molecule has 0 atom stereocenters. The molecule has 3 aromatic rings. The molecule has 156 valence electrons. The molecular formula is C26H22FNO2S. The van der Waals surface area contributed by atoms with Crippen molar-refractivity contribution in [3.63, 3.8) is 0 Å². The Bertz CT molecular complexity index is 1120. The number of carbonyl (C=O) groups is 2. The Hall–Kier alpha value is -3.18. The second kappa shape index (κ2) is 9.31. The molecule has 1 aliphatic heterocycles. The summed E-state index contributed by atoms with van der Waals surface area (Å²) >= 11 is 1.40. The van der Waals surface area contributed by atoms with E-state index in [9.17, 15) is 14.0 Å². The molecule has 4 rings (SSSR count). The average Bonchev–Trinajstić information content (AvgIpc) is 3.02. The molecule has 31 heavy (non-hydrogen) atoms. The van der Waals surface area contributed by atoms with E-state index in [1.807, 2.05) is 61.5 Å². The number of aryl methyl sites for hydroxylation is 1. The summed E-state index contributed by atoms with van der Waals surface area (Å²) < 4.78 is 13.2. The predicted octanol–water partition coefficient (Wildman–Crippen LogP) is 5.39. The largest absolute Gasteiger partial charge is 0.274 e. The van der Waals surface area contributed by atoms with Gasteiger partial charge >= 0.3 is 0 Å². The number of hydrogen-bond acceptors (Lipinski definition) is 3. The lowest BCUT2D eigenvalue weighted by molar-refractivity contribution is -0.136. The Morgan fingerprint density at radius 2 is 1.48 bits per heavy atom. The fraction of sp³-hybridized carbons (Fsp3) is 0.154. The van der Waals surface area contributed by atoms with Gasteiger partial charge in [0.2, 0.25) is 0 Å². The summed E-state index contributed by atoms with van der Waals surface area (Å²) in [6, 6.07) is 23.7. The molecule has 5 heteroatoms. The number of thioether (sulfide) groups is 1. The van der Waals surface area contributed by atoms with E-state index in [-0.39, 0.29) is 24.2 Å². The molecule has 1 heterocycles. The molecule has 2 amide bonds. The lowest BCUT2D eigenvalue weighted by atomic mass is 10.0. The van der Waals surface area contributed by atoms with Crippen LogP contribution in [0.4, 0.5) is 4.39 Å². The molecule has 0 spiro atoms. The molecule has 0 fully saturated rings. The average molecular weight is 432 g/mol. The SMILES string of the molecule is Cc1ccc(C2=C(SCc3ccccc3)C(=O)N(CCc3ccc(F)cc3)C2=O)cc1. The summed E-state index contributed by atoms with van der Waals surface area (Å²) in [7, 11) is 0. The highest BCUT2D eigenvalue weighted by molar-refractivity contribution is 8.03. The van der Waals surface area contributed by atoms with E-state index in [1.54, 1.807) is 12.1 Å². The molecule has 0 saturated carbocycles. The molecule has 1 aliphatic rings. The van der Waals surface area contributed by atoms with Crippen molar-refractivity contribution in [2.75, 3.05) is 6.54 Å². The van der Waals surface area contributed by atoms with Gasteiger partial charge in [0, 0.05) is 12.3 Å². The standard InChI is InChI=1S/C26H22FNO2S/c1-18-7-11-21(12-8-18)23-24(31-17-20-5-3-2-4-6-20)26(30)28(25(23)29)16-15-19-9-13-22(27)14-10-19/h2-14H,15-17H2,1H3. The van der Waals surface area contributed by atoms with Gasteiger partial charge in [-0.3, -0.25) is 14.5 Å². The van der Waals surface area contributed by atoms with E-state index in [0.717, 1.165) is 22.3 Å². The van der Waals surface area contributed by atoms with Gasteiger partial charge in [0.15, 0.2) is 0 Å². The number of benzene rings is 3. The lowest BCUT2D eigenvalue weighted by Crippen LogP contribution is -2.33. The maximum atomic E-state index is 13.3. The van der Waals surface area contributed by atoms with Crippen LogP contribution < -0.4 is 0 Å². The van der Waals surface area contributed by atoms with Crippen molar-refractivity contribution in [3.8, 4) is 0 Å². The minimum Gasteiger partial charge on any atom is -0.274 e. The van der Waals surface area contributed by atoms with Crippen LogP contribution in [0.1, 0.15) is 22.3 Å². The van der Waals surface area contributed by atoms with E-state index >= 15 is 0 Å². The second-order valence-electron chi connectivity index (χ2n) is 7.48. The number of hydrogen-bond donors (Lipinski definition) is 0. The van der Waals surface area contributed by atoms with Crippen LogP contribution in [0.15, 0.2) is 83.8 Å². The van der Waals surface area contributed by atoms with Crippen LogP contribution in [0, 0.1) is 12.7 Å². The zero-order valence-corrected chi connectivity index (χ0v) is 18.0. The first-order valence-corrected chi connectivity index (χ1v) is 11.1. The fourth-order valence-electron chi connectivity index (χ4n) is 3.49. The van der Waals surface area contributed by atoms with Gasteiger partial charge in [0.25, 0.3) is 11.8 Å². The van der Waals surface area contributed by atoms with Crippen LogP contribution in [-0.4, -0.2) is 23.3 Å². The Kier molecular flexibility index (Phi) is 6.33. The molecule has 0 aliphatic carbocycles. The van der Waals surface area contributed by atoms with Crippen molar-refractivity contribution in [2.24, 2.45) is 0 Å². The minimum absolute atomic E-state index is 0.258. The summed E-state index contributed by atoms with van der Waals surface area (Å²) in [6.07, 6.45) is 0.482. The summed E-state index contributed by atoms with van der Waals surface area (Å²) in [5, 5.41) is 0. The minimum atomic E-state index is -0.306. The number of nitrogens with zero attached hydrogens (tertiary/aromatic N) is 1. The molecule has 0 N–H and O–H groups in total. The first-order chi connectivity index (χ1) is 15.0. The number of amides is 2. The Balaban J connectivity index is 1.59. The predicted molar refractivity (Wildman–Crippen MR) is 123 cm³/mol. The third kappa shape index (κ3) is 4.78. The van der Waals surface area contributed by atoms with Gasteiger partial charge in [-0.2, -0.15) is 0 Å². The Morgan fingerprint density at radius 3 is 2.16 bits per heavy atom.